The minimum atomic E-state index is -0.177. The van der Waals surface area contributed by atoms with E-state index in [1.165, 1.54) is 0 Å². The maximum atomic E-state index is 12.6. The van der Waals surface area contributed by atoms with E-state index < -0.39 is 0 Å². The highest BCUT2D eigenvalue weighted by Gasteiger charge is 2.18. The standard InChI is InChI=1S/C18H20N4O2/c1-4-16(13-5-7-14(24-3)8-6-13)21-18(23)15-10-20-22-11-12(2)9-19-17(15)22/h5-11,16H,4H2,1-3H3,(H,21,23). The molecule has 1 amide bonds. The number of methoxy groups -OCH3 is 1. The Kier molecular flexibility index (Phi) is 4.46. The highest BCUT2D eigenvalue weighted by atomic mass is 16.5. The summed E-state index contributed by atoms with van der Waals surface area (Å²) in [5.74, 6) is 0.617. The lowest BCUT2D eigenvalue weighted by Crippen LogP contribution is -2.28. The maximum absolute atomic E-state index is 12.6. The van der Waals surface area contributed by atoms with Crippen LogP contribution in [0.25, 0.3) is 5.65 Å². The number of fused-ring (bicyclic) bond motifs is 1. The van der Waals surface area contributed by atoms with Crippen LogP contribution in [0, 0.1) is 6.92 Å². The Bertz CT molecular complexity index is 855. The molecule has 0 fully saturated rings. The van der Waals surface area contributed by atoms with Crippen LogP contribution in [0.2, 0.25) is 0 Å². The molecule has 0 aliphatic rings. The minimum absolute atomic E-state index is 0.0798. The van der Waals surface area contributed by atoms with Crippen LogP contribution < -0.4 is 10.1 Å². The molecule has 6 nitrogen and oxygen atoms in total. The first kappa shape index (κ1) is 16.0. The van der Waals surface area contributed by atoms with Gasteiger partial charge in [-0.15, -0.1) is 0 Å². The Morgan fingerprint density at radius 1 is 1.29 bits per heavy atom. The Morgan fingerprint density at radius 3 is 2.71 bits per heavy atom. The third-order valence-corrected chi connectivity index (χ3v) is 3.96. The van der Waals surface area contributed by atoms with E-state index in [1.54, 1.807) is 24.0 Å². The number of aryl methyl sites for hydroxylation is 1. The molecule has 1 aromatic carbocycles. The number of benzene rings is 1. The molecule has 124 valence electrons. The van der Waals surface area contributed by atoms with Gasteiger partial charge < -0.3 is 10.1 Å². The van der Waals surface area contributed by atoms with Gasteiger partial charge in [0.1, 0.15) is 11.3 Å². The van der Waals surface area contributed by atoms with Gasteiger partial charge >= 0.3 is 0 Å². The fourth-order valence-corrected chi connectivity index (χ4v) is 2.62. The molecular formula is C18H20N4O2. The molecule has 0 spiro atoms. The zero-order chi connectivity index (χ0) is 17.1. The lowest BCUT2D eigenvalue weighted by atomic mass is 10.0. The fraction of sp³-hybridized carbons (Fsp3) is 0.278. The van der Waals surface area contributed by atoms with E-state index in [0.29, 0.717) is 11.2 Å². The lowest BCUT2D eigenvalue weighted by molar-refractivity contribution is 0.0937. The van der Waals surface area contributed by atoms with Crippen LogP contribution in [0.1, 0.15) is 40.9 Å². The van der Waals surface area contributed by atoms with Crippen molar-refractivity contribution >= 4 is 11.6 Å². The van der Waals surface area contributed by atoms with Crippen LogP contribution in [-0.2, 0) is 0 Å². The average Bonchev–Trinajstić information content (AvgIpc) is 3.02. The van der Waals surface area contributed by atoms with Crippen LogP contribution in [0.15, 0.2) is 42.9 Å². The number of rotatable bonds is 5. The molecule has 3 rings (SSSR count). The largest absolute Gasteiger partial charge is 0.497 e. The van der Waals surface area contributed by atoms with Crippen molar-refractivity contribution in [1.29, 1.82) is 0 Å². The first-order valence-electron chi connectivity index (χ1n) is 7.87. The van der Waals surface area contributed by atoms with Crippen molar-refractivity contribution in [3.63, 3.8) is 0 Å². The molecular weight excluding hydrogens is 304 g/mol. The number of carbonyl (C=O) groups is 1. The molecule has 3 aromatic rings. The minimum Gasteiger partial charge on any atom is -0.497 e. The van der Waals surface area contributed by atoms with Crippen molar-refractivity contribution < 1.29 is 9.53 Å². The normalized spacial score (nSPS) is 12.1. The SMILES string of the molecule is CCC(NC(=O)c1cnn2cc(C)cnc12)c1ccc(OC)cc1. The van der Waals surface area contributed by atoms with Crippen molar-refractivity contribution in [3.8, 4) is 5.75 Å². The monoisotopic (exact) mass is 324 g/mol. The van der Waals surface area contributed by atoms with Gasteiger partial charge in [0.2, 0.25) is 0 Å². The van der Waals surface area contributed by atoms with Gasteiger partial charge in [0.25, 0.3) is 5.91 Å². The van der Waals surface area contributed by atoms with Crippen molar-refractivity contribution in [3.05, 3.63) is 59.5 Å². The molecule has 2 aromatic heterocycles. The van der Waals surface area contributed by atoms with Gasteiger partial charge in [-0.25, -0.2) is 9.50 Å². The summed E-state index contributed by atoms with van der Waals surface area (Å²) < 4.78 is 6.80. The van der Waals surface area contributed by atoms with E-state index >= 15 is 0 Å². The van der Waals surface area contributed by atoms with Crippen LogP contribution >= 0.6 is 0 Å². The van der Waals surface area contributed by atoms with Gasteiger partial charge in [-0.05, 0) is 36.6 Å². The smallest absolute Gasteiger partial charge is 0.257 e. The zero-order valence-corrected chi connectivity index (χ0v) is 14.0. The van der Waals surface area contributed by atoms with Crippen molar-refractivity contribution in [1.82, 2.24) is 19.9 Å². The molecule has 0 bridgehead atoms. The number of carbonyl (C=O) groups excluding carboxylic acids is 1. The van der Waals surface area contributed by atoms with Crippen molar-refractivity contribution in [2.24, 2.45) is 0 Å². The predicted molar refractivity (Wildman–Crippen MR) is 91.2 cm³/mol. The predicted octanol–water partition coefficient (Wildman–Crippen LogP) is 2.93. The molecule has 1 N–H and O–H groups in total. The van der Waals surface area contributed by atoms with E-state index in [-0.39, 0.29) is 11.9 Å². The topological polar surface area (TPSA) is 68.5 Å². The van der Waals surface area contributed by atoms with Gasteiger partial charge in [-0.2, -0.15) is 5.10 Å². The van der Waals surface area contributed by atoms with Crippen LogP contribution in [0.3, 0.4) is 0 Å². The quantitative estimate of drug-likeness (QED) is 0.783. The molecule has 2 heterocycles. The van der Waals surface area contributed by atoms with Crippen LogP contribution in [0.4, 0.5) is 0 Å². The van der Waals surface area contributed by atoms with Crippen LogP contribution in [0.5, 0.6) is 5.75 Å². The lowest BCUT2D eigenvalue weighted by Gasteiger charge is -2.17. The maximum Gasteiger partial charge on any atom is 0.257 e. The summed E-state index contributed by atoms with van der Waals surface area (Å²) in [4.78, 5) is 17.0. The van der Waals surface area contributed by atoms with Gasteiger partial charge in [-0.1, -0.05) is 19.1 Å². The molecule has 24 heavy (non-hydrogen) atoms. The molecule has 1 unspecified atom stereocenters. The third kappa shape index (κ3) is 3.08. The van der Waals surface area contributed by atoms with Gasteiger partial charge in [0.05, 0.1) is 19.3 Å². The van der Waals surface area contributed by atoms with Crippen LogP contribution in [-0.4, -0.2) is 27.6 Å². The van der Waals surface area contributed by atoms with Gasteiger partial charge in [-0.3, -0.25) is 4.79 Å². The van der Waals surface area contributed by atoms with Crippen molar-refractivity contribution in [2.45, 2.75) is 26.3 Å². The number of nitrogens with zero attached hydrogens (tertiary/aromatic N) is 3. The van der Waals surface area contributed by atoms with Gasteiger partial charge in [0.15, 0.2) is 5.65 Å². The van der Waals surface area contributed by atoms with E-state index in [2.05, 4.69) is 15.4 Å². The first-order chi connectivity index (χ1) is 11.6. The van der Waals surface area contributed by atoms with E-state index in [4.69, 9.17) is 4.74 Å². The zero-order valence-electron chi connectivity index (χ0n) is 14.0. The average molecular weight is 324 g/mol. The molecule has 0 saturated heterocycles. The number of hydrogen-bond acceptors (Lipinski definition) is 4. The molecule has 0 radical (unpaired) electrons. The summed E-state index contributed by atoms with van der Waals surface area (Å²) in [5, 5.41) is 7.26. The number of amides is 1. The fourth-order valence-electron chi connectivity index (χ4n) is 2.62. The summed E-state index contributed by atoms with van der Waals surface area (Å²) in [7, 11) is 1.63. The number of nitrogens with one attached hydrogen (secondary N) is 1. The summed E-state index contributed by atoms with van der Waals surface area (Å²) >= 11 is 0. The van der Waals surface area contributed by atoms with Crippen molar-refractivity contribution in [2.75, 3.05) is 7.11 Å². The molecule has 6 heteroatoms. The molecule has 1 atom stereocenters. The second kappa shape index (κ2) is 6.70. The summed E-state index contributed by atoms with van der Waals surface area (Å²) in [6, 6.07) is 7.63. The third-order valence-electron chi connectivity index (χ3n) is 3.96. The summed E-state index contributed by atoms with van der Waals surface area (Å²) in [5.41, 5.74) is 3.05. The number of aromatic nitrogens is 3. The molecule has 0 saturated carbocycles. The van der Waals surface area contributed by atoms with E-state index in [9.17, 15) is 4.79 Å². The van der Waals surface area contributed by atoms with E-state index in [0.717, 1.165) is 23.3 Å². The highest BCUT2D eigenvalue weighted by molar-refractivity contribution is 5.99. The Balaban J connectivity index is 1.82. The van der Waals surface area contributed by atoms with E-state index in [1.807, 2.05) is 44.3 Å². The summed E-state index contributed by atoms with van der Waals surface area (Å²) in [6.45, 7) is 3.97. The first-order valence-corrected chi connectivity index (χ1v) is 7.87. The number of ether oxygens (including phenoxy) is 1. The number of hydrogen-bond donors (Lipinski definition) is 1. The second-order valence-corrected chi connectivity index (χ2v) is 5.67. The molecule has 0 aliphatic carbocycles. The Morgan fingerprint density at radius 2 is 2.04 bits per heavy atom. The second-order valence-electron chi connectivity index (χ2n) is 5.67. The Labute approximate surface area is 140 Å². The summed E-state index contributed by atoms with van der Waals surface area (Å²) in [6.07, 6.45) is 5.91. The highest BCUT2D eigenvalue weighted by Crippen LogP contribution is 2.21. The van der Waals surface area contributed by atoms with Gasteiger partial charge in [0, 0.05) is 12.4 Å². The Hall–Kier alpha value is -2.89. The molecule has 0 aliphatic heterocycles.